The number of carboxylic acids is 1. The van der Waals surface area contributed by atoms with Crippen molar-refractivity contribution < 1.29 is 19.5 Å². The predicted molar refractivity (Wildman–Crippen MR) is 53.4 cm³/mol. The quantitative estimate of drug-likeness (QED) is 0.611. The highest BCUT2D eigenvalue weighted by atomic mass is 16.4. The maximum atomic E-state index is 11.7. The Bertz CT molecular complexity index is 344. The van der Waals surface area contributed by atoms with E-state index in [1.807, 2.05) is 0 Å². The third-order valence-corrected chi connectivity index (χ3v) is 3.55. The molecule has 0 saturated carbocycles. The van der Waals surface area contributed by atoms with Crippen molar-refractivity contribution in [3.8, 4) is 0 Å². The molecular weight excluding hydrogens is 212 g/mol. The van der Waals surface area contributed by atoms with Gasteiger partial charge < -0.3 is 5.11 Å². The Labute approximate surface area is 92.8 Å². The van der Waals surface area contributed by atoms with Crippen LogP contribution < -0.4 is 0 Å². The van der Waals surface area contributed by atoms with Crippen LogP contribution in [-0.4, -0.2) is 58.9 Å². The van der Waals surface area contributed by atoms with Gasteiger partial charge in [0.15, 0.2) is 0 Å². The van der Waals surface area contributed by atoms with E-state index >= 15 is 0 Å². The average molecular weight is 226 g/mol. The maximum Gasteiger partial charge on any atom is 0.320 e. The van der Waals surface area contributed by atoms with Crippen LogP contribution in [0.1, 0.15) is 6.92 Å². The van der Waals surface area contributed by atoms with E-state index in [2.05, 4.69) is 0 Å². The van der Waals surface area contributed by atoms with Crippen LogP contribution in [0.25, 0.3) is 0 Å². The molecule has 2 fully saturated rings. The standard InChI is InChI=1S/C10H14N2O4/c1-5(10(15)16)12-3-6-7(4-12)9(14)11(2)8(6)13/h5-7H,3-4H2,1-2H3,(H,15,16)/t5-,6+,7+/m1/s1. The summed E-state index contributed by atoms with van der Waals surface area (Å²) in [5, 5.41) is 8.87. The summed E-state index contributed by atoms with van der Waals surface area (Å²) < 4.78 is 0. The van der Waals surface area contributed by atoms with Crippen molar-refractivity contribution in [3.05, 3.63) is 0 Å². The number of carboxylic acid groups (broad SMARTS) is 1. The van der Waals surface area contributed by atoms with E-state index in [9.17, 15) is 14.4 Å². The highest BCUT2D eigenvalue weighted by molar-refractivity contribution is 6.05. The van der Waals surface area contributed by atoms with Crippen LogP contribution in [0.4, 0.5) is 0 Å². The summed E-state index contributed by atoms with van der Waals surface area (Å²) in [5.41, 5.74) is 0. The first kappa shape index (κ1) is 11.1. The Balaban J connectivity index is 2.13. The number of likely N-dealkylation sites (tertiary alicyclic amines) is 2. The molecule has 88 valence electrons. The van der Waals surface area contributed by atoms with Crippen molar-refractivity contribution in [1.82, 2.24) is 9.80 Å². The van der Waals surface area contributed by atoms with Crippen LogP contribution >= 0.6 is 0 Å². The summed E-state index contributed by atoms with van der Waals surface area (Å²) in [5.74, 6) is -1.99. The predicted octanol–water partition coefficient (Wildman–Crippen LogP) is -0.994. The first-order valence-electron chi connectivity index (χ1n) is 5.21. The Morgan fingerprint density at radius 2 is 1.75 bits per heavy atom. The molecule has 0 aromatic carbocycles. The molecule has 2 heterocycles. The van der Waals surface area contributed by atoms with Crippen molar-refractivity contribution in [2.45, 2.75) is 13.0 Å². The van der Waals surface area contributed by atoms with Crippen LogP contribution in [0.2, 0.25) is 0 Å². The molecule has 16 heavy (non-hydrogen) atoms. The highest BCUT2D eigenvalue weighted by Gasteiger charge is 2.52. The lowest BCUT2D eigenvalue weighted by Gasteiger charge is -2.21. The van der Waals surface area contributed by atoms with E-state index < -0.39 is 12.0 Å². The van der Waals surface area contributed by atoms with Crippen LogP contribution in [-0.2, 0) is 14.4 Å². The molecule has 2 saturated heterocycles. The van der Waals surface area contributed by atoms with Gasteiger partial charge in [-0.15, -0.1) is 0 Å². The number of aliphatic carboxylic acids is 1. The Hall–Kier alpha value is -1.43. The van der Waals surface area contributed by atoms with Crippen LogP contribution in [0.5, 0.6) is 0 Å². The number of hydrogen-bond donors (Lipinski definition) is 1. The first-order chi connectivity index (χ1) is 7.43. The number of carbonyl (C=O) groups is 3. The van der Waals surface area contributed by atoms with Gasteiger partial charge in [0.2, 0.25) is 11.8 Å². The second-order valence-electron chi connectivity index (χ2n) is 4.42. The molecule has 2 aliphatic rings. The first-order valence-corrected chi connectivity index (χ1v) is 5.21. The lowest BCUT2D eigenvalue weighted by Crippen LogP contribution is -2.40. The number of imide groups is 1. The fourth-order valence-electron chi connectivity index (χ4n) is 2.41. The lowest BCUT2D eigenvalue weighted by molar-refractivity contribution is -0.144. The van der Waals surface area contributed by atoms with Crippen molar-refractivity contribution in [2.24, 2.45) is 11.8 Å². The number of hydrogen-bond acceptors (Lipinski definition) is 4. The number of rotatable bonds is 2. The van der Waals surface area contributed by atoms with Gasteiger partial charge in [-0.3, -0.25) is 24.2 Å². The third-order valence-electron chi connectivity index (χ3n) is 3.55. The fraction of sp³-hybridized carbons (Fsp3) is 0.700. The van der Waals surface area contributed by atoms with Crippen LogP contribution in [0.3, 0.4) is 0 Å². The summed E-state index contributed by atoms with van der Waals surface area (Å²) in [6.45, 7) is 2.31. The number of carbonyl (C=O) groups excluding carboxylic acids is 2. The summed E-state index contributed by atoms with van der Waals surface area (Å²) in [7, 11) is 1.48. The number of amides is 2. The molecule has 0 aliphatic carbocycles. The van der Waals surface area contributed by atoms with E-state index in [4.69, 9.17) is 5.11 Å². The molecule has 0 radical (unpaired) electrons. The molecule has 0 aromatic heterocycles. The van der Waals surface area contributed by atoms with Gasteiger partial charge in [-0.05, 0) is 6.92 Å². The van der Waals surface area contributed by atoms with Gasteiger partial charge in [-0.2, -0.15) is 0 Å². The zero-order chi connectivity index (χ0) is 12.0. The van der Waals surface area contributed by atoms with Gasteiger partial charge in [-0.25, -0.2) is 0 Å². The van der Waals surface area contributed by atoms with Crippen molar-refractivity contribution in [2.75, 3.05) is 20.1 Å². The van der Waals surface area contributed by atoms with Gasteiger partial charge in [0.25, 0.3) is 0 Å². The smallest absolute Gasteiger partial charge is 0.320 e. The summed E-state index contributed by atoms with van der Waals surface area (Å²) in [6, 6.07) is -0.642. The minimum atomic E-state index is -0.923. The van der Waals surface area contributed by atoms with Gasteiger partial charge >= 0.3 is 5.97 Å². The molecular formula is C10H14N2O4. The number of fused-ring (bicyclic) bond motifs is 1. The normalized spacial score (nSPS) is 32.0. The maximum absolute atomic E-state index is 11.7. The molecule has 2 rings (SSSR count). The largest absolute Gasteiger partial charge is 0.480 e. The molecule has 6 nitrogen and oxygen atoms in total. The molecule has 3 atom stereocenters. The molecule has 1 N–H and O–H groups in total. The third kappa shape index (κ3) is 1.41. The molecule has 0 bridgehead atoms. The van der Waals surface area contributed by atoms with E-state index in [1.54, 1.807) is 11.8 Å². The summed E-state index contributed by atoms with van der Waals surface area (Å²) in [6.07, 6.45) is 0. The van der Waals surface area contributed by atoms with E-state index in [-0.39, 0.29) is 23.7 Å². The summed E-state index contributed by atoms with van der Waals surface area (Å²) >= 11 is 0. The van der Waals surface area contributed by atoms with Gasteiger partial charge in [0, 0.05) is 20.1 Å². The zero-order valence-electron chi connectivity index (χ0n) is 9.21. The molecule has 2 amide bonds. The van der Waals surface area contributed by atoms with Gasteiger partial charge in [0.05, 0.1) is 11.8 Å². The minimum Gasteiger partial charge on any atom is -0.480 e. The van der Waals surface area contributed by atoms with E-state index in [0.29, 0.717) is 13.1 Å². The molecule has 0 spiro atoms. The van der Waals surface area contributed by atoms with Crippen molar-refractivity contribution in [1.29, 1.82) is 0 Å². The van der Waals surface area contributed by atoms with Crippen molar-refractivity contribution >= 4 is 17.8 Å². The molecule has 6 heteroatoms. The summed E-state index contributed by atoms with van der Waals surface area (Å²) in [4.78, 5) is 37.0. The SMILES string of the molecule is C[C@H](C(=O)O)N1C[C@@H]2C(=O)N(C)C(=O)[C@H]2C1. The zero-order valence-corrected chi connectivity index (χ0v) is 9.21. The number of nitrogens with zero attached hydrogens (tertiary/aromatic N) is 2. The van der Waals surface area contributed by atoms with Crippen LogP contribution in [0, 0.1) is 11.8 Å². The minimum absolute atomic E-state index is 0.185. The Kier molecular flexibility index (Phi) is 2.46. The van der Waals surface area contributed by atoms with Crippen molar-refractivity contribution in [3.63, 3.8) is 0 Å². The second kappa shape index (κ2) is 3.55. The Morgan fingerprint density at radius 1 is 1.31 bits per heavy atom. The average Bonchev–Trinajstić information content (AvgIpc) is 2.75. The van der Waals surface area contributed by atoms with Gasteiger partial charge in [-0.1, -0.05) is 0 Å². The topological polar surface area (TPSA) is 77.9 Å². The highest BCUT2D eigenvalue weighted by Crippen LogP contribution is 2.33. The lowest BCUT2D eigenvalue weighted by atomic mass is 10.00. The van der Waals surface area contributed by atoms with Crippen LogP contribution in [0.15, 0.2) is 0 Å². The monoisotopic (exact) mass is 226 g/mol. The second-order valence-corrected chi connectivity index (χ2v) is 4.42. The molecule has 2 aliphatic heterocycles. The molecule has 0 unspecified atom stereocenters. The Morgan fingerprint density at radius 3 is 2.12 bits per heavy atom. The fourth-order valence-corrected chi connectivity index (χ4v) is 2.41. The van der Waals surface area contributed by atoms with Gasteiger partial charge in [0.1, 0.15) is 6.04 Å². The molecule has 0 aromatic rings. The van der Waals surface area contributed by atoms with E-state index in [1.165, 1.54) is 7.05 Å². The van der Waals surface area contributed by atoms with E-state index in [0.717, 1.165) is 4.90 Å².